The van der Waals surface area contributed by atoms with Gasteiger partial charge in [-0.3, -0.25) is 0 Å². The molecule has 3 heteroatoms. The molecule has 0 saturated carbocycles. The molecule has 11 heavy (non-hydrogen) atoms. The van der Waals surface area contributed by atoms with E-state index >= 15 is 0 Å². The summed E-state index contributed by atoms with van der Waals surface area (Å²) in [5, 5.41) is 10.4. The third-order valence-electron chi connectivity index (χ3n) is 0.728. The van der Waals surface area contributed by atoms with E-state index < -0.39 is 11.6 Å². The molecule has 0 unspecified atom stereocenters. The van der Waals surface area contributed by atoms with E-state index in [1.807, 2.05) is 0 Å². The maximum absolute atomic E-state index is 10.8. The molecular weight excluding hydrogens is 144 g/mol. The van der Waals surface area contributed by atoms with Gasteiger partial charge in [-0.25, -0.2) is 4.79 Å². The highest BCUT2D eigenvalue weighted by Crippen LogP contribution is 2.07. The molecule has 0 aromatic rings. The summed E-state index contributed by atoms with van der Waals surface area (Å²) >= 11 is 0. The zero-order chi connectivity index (χ0) is 9.07. The van der Waals surface area contributed by atoms with Crippen LogP contribution in [0.3, 0.4) is 0 Å². The largest absolute Gasteiger partial charge is 0.875 e. The van der Waals surface area contributed by atoms with Gasteiger partial charge in [0.15, 0.2) is 0 Å². The molecule has 0 aliphatic rings. The molecular formula is C8H13O3-. The Balaban J connectivity index is 4.00. The summed E-state index contributed by atoms with van der Waals surface area (Å²) < 4.78 is 4.83. The lowest BCUT2D eigenvalue weighted by Crippen LogP contribution is -2.23. The zero-order valence-corrected chi connectivity index (χ0v) is 7.30. The Morgan fingerprint density at radius 1 is 1.45 bits per heavy atom. The molecule has 0 saturated heterocycles. The topological polar surface area (TPSA) is 49.4 Å². The fourth-order valence-corrected chi connectivity index (χ4v) is 0.497. The lowest BCUT2D eigenvalue weighted by molar-refractivity contribution is -0.302. The van der Waals surface area contributed by atoms with Gasteiger partial charge in [0.25, 0.3) is 0 Å². The van der Waals surface area contributed by atoms with E-state index in [4.69, 9.17) is 4.74 Å². The molecule has 0 atom stereocenters. The molecule has 64 valence electrons. The van der Waals surface area contributed by atoms with E-state index in [0.29, 0.717) is 0 Å². The van der Waals surface area contributed by atoms with Crippen molar-refractivity contribution in [1.29, 1.82) is 0 Å². The van der Waals surface area contributed by atoms with Gasteiger partial charge in [-0.1, -0.05) is 6.92 Å². The van der Waals surface area contributed by atoms with Gasteiger partial charge in [0.1, 0.15) is 5.60 Å². The molecule has 0 N–H and O–H groups in total. The number of carbonyl (C=O) groups excluding carboxylic acids is 1. The second-order valence-corrected chi connectivity index (χ2v) is 3.29. The van der Waals surface area contributed by atoms with E-state index in [1.54, 1.807) is 20.8 Å². The van der Waals surface area contributed by atoms with Crippen molar-refractivity contribution in [3.8, 4) is 0 Å². The SMILES string of the molecule is CC([O-])=CC(=O)OC(C)(C)C. The number of carbonyl (C=O) groups is 1. The van der Waals surface area contributed by atoms with Crippen molar-refractivity contribution in [2.75, 3.05) is 0 Å². The van der Waals surface area contributed by atoms with Crippen molar-refractivity contribution in [1.82, 2.24) is 0 Å². The second-order valence-electron chi connectivity index (χ2n) is 3.29. The smallest absolute Gasteiger partial charge is 0.330 e. The van der Waals surface area contributed by atoms with Crippen molar-refractivity contribution in [3.63, 3.8) is 0 Å². The molecule has 0 spiro atoms. The van der Waals surface area contributed by atoms with Crippen LogP contribution >= 0.6 is 0 Å². The third-order valence-corrected chi connectivity index (χ3v) is 0.728. The molecule has 0 fully saturated rings. The highest BCUT2D eigenvalue weighted by atomic mass is 16.6. The molecule has 0 rings (SSSR count). The van der Waals surface area contributed by atoms with Crippen LogP contribution in [0.15, 0.2) is 11.8 Å². The predicted octanol–water partition coefficient (Wildman–Crippen LogP) is 0.592. The van der Waals surface area contributed by atoms with Crippen LogP contribution < -0.4 is 5.11 Å². The van der Waals surface area contributed by atoms with Gasteiger partial charge < -0.3 is 9.84 Å². The summed E-state index contributed by atoms with van der Waals surface area (Å²) in [5.41, 5.74) is -0.525. The summed E-state index contributed by atoms with van der Waals surface area (Å²) in [7, 11) is 0. The lowest BCUT2D eigenvalue weighted by Gasteiger charge is -2.18. The zero-order valence-electron chi connectivity index (χ0n) is 7.30. The molecule has 0 radical (unpaired) electrons. The summed E-state index contributed by atoms with van der Waals surface area (Å²) in [5.74, 6) is -0.871. The number of esters is 1. The van der Waals surface area contributed by atoms with Crippen molar-refractivity contribution in [2.45, 2.75) is 33.3 Å². The molecule has 3 nitrogen and oxygen atoms in total. The number of hydrogen-bond donors (Lipinski definition) is 0. The standard InChI is InChI=1S/C8H14O3/c1-6(9)5-7(10)11-8(2,3)4/h5,9H,1-4H3/p-1. The van der Waals surface area contributed by atoms with Crippen LogP contribution in [0.5, 0.6) is 0 Å². The number of hydrogen-bond acceptors (Lipinski definition) is 3. The Bertz CT molecular complexity index is 170. The van der Waals surface area contributed by atoms with Gasteiger partial charge in [0.2, 0.25) is 0 Å². The Kier molecular flexibility index (Phi) is 3.11. The minimum Gasteiger partial charge on any atom is -0.875 e. The monoisotopic (exact) mass is 157 g/mol. The van der Waals surface area contributed by atoms with E-state index in [-0.39, 0.29) is 5.76 Å². The van der Waals surface area contributed by atoms with Gasteiger partial charge in [-0.05, 0) is 20.8 Å². The summed E-state index contributed by atoms with van der Waals surface area (Å²) in [6.45, 7) is 6.56. The van der Waals surface area contributed by atoms with E-state index in [9.17, 15) is 9.90 Å². The Morgan fingerprint density at radius 3 is 2.18 bits per heavy atom. The summed E-state index contributed by atoms with van der Waals surface area (Å²) in [6.07, 6.45) is 0.936. The fourth-order valence-electron chi connectivity index (χ4n) is 0.497. The first-order valence-electron chi connectivity index (χ1n) is 3.39. The Hall–Kier alpha value is -0.990. The van der Waals surface area contributed by atoms with Crippen LogP contribution in [0.1, 0.15) is 27.7 Å². The first-order valence-corrected chi connectivity index (χ1v) is 3.39. The third kappa shape index (κ3) is 6.90. The average molecular weight is 157 g/mol. The molecule has 0 aliphatic carbocycles. The van der Waals surface area contributed by atoms with Crippen LogP contribution in [0.25, 0.3) is 0 Å². The van der Waals surface area contributed by atoms with Crippen LogP contribution in [-0.4, -0.2) is 11.6 Å². The summed E-state index contributed by atoms with van der Waals surface area (Å²) in [6, 6.07) is 0. The van der Waals surface area contributed by atoms with Gasteiger partial charge in [-0.15, -0.1) is 5.76 Å². The minimum absolute atomic E-state index is 0.292. The highest BCUT2D eigenvalue weighted by molar-refractivity contribution is 5.82. The number of rotatable bonds is 1. The minimum atomic E-state index is -0.579. The van der Waals surface area contributed by atoms with Crippen LogP contribution in [0, 0.1) is 0 Å². The van der Waals surface area contributed by atoms with Crippen molar-refractivity contribution >= 4 is 5.97 Å². The lowest BCUT2D eigenvalue weighted by atomic mass is 10.2. The summed E-state index contributed by atoms with van der Waals surface area (Å²) in [4.78, 5) is 10.8. The second kappa shape index (κ2) is 3.42. The molecule has 0 amide bonds. The predicted molar refractivity (Wildman–Crippen MR) is 39.6 cm³/mol. The number of allylic oxidation sites excluding steroid dienone is 1. The molecule has 0 heterocycles. The van der Waals surface area contributed by atoms with Crippen LogP contribution in [-0.2, 0) is 9.53 Å². The fraction of sp³-hybridized carbons (Fsp3) is 0.625. The van der Waals surface area contributed by atoms with Crippen LogP contribution in [0.2, 0.25) is 0 Å². The van der Waals surface area contributed by atoms with E-state index in [0.717, 1.165) is 6.08 Å². The first kappa shape index (κ1) is 10.0. The van der Waals surface area contributed by atoms with Gasteiger partial charge in [0.05, 0.1) is 0 Å². The molecule has 0 bridgehead atoms. The van der Waals surface area contributed by atoms with Crippen molar-refractivity contribution in [3.05, 3.63) is 11.8 Å². The van der Waals surface area contributed by atoms with Gasteiger partial charge >= 0.3 is 5.97 Å². The first-order chi connectivity index (χ1) is 4.81. The molecule has 0 aromatic heterocycles. The van der Waals surface area contributed by atoms with E-state index in [1.165, 1.54) is 6.92 Å². The van der Waals surface area contributed by atoms with Gasteiger partial charge in [0, 0.05) is 6.08 Å². The average Bonchev–Trinajstić information content (AvgIpc) is 1.53. The Morgan fingerprint density at radius 2 is 1.91 bits per heavy atom. The molecule has 0 aliphatic heterocycles. The quantitative estimate of drug-likeness (QED) is 0.318. The van der Waals surface area contributed by atoms with Crippen LogP contribution in [0.4, 0.5) is 0 Å². The normalized spacial score (nSPS) is 12.9. The Labute approximate surface area is 66.7 Å². The van der Waals surface area contributed by atoms with Crippen molar-refractivity contribution in [2.24, 2.45) is 0 Å². The van der Waals surface area contributed by atoms with Crippen molar-refractivity contribution < 1.29 is 14.6 Å². The highest BCUT2D eigenvalue weighted by Gasteiger charge is 2.13. The molecule has 0 aromatic carbocycles. The number of ether oxygens (including phenoxy) is 1. The van der Waals surface area contributed by atoms with E-state index in [2.05, 4.69) is 0 Å². The maximum atomic E-state index is 10.8. The maximum Gasteiger partial charge on any atom is 0.330 e. The van der Waals surface area contributed by atoms with Gasteiger partial charge in [-0.2, -0.15) is 0 Å².